The predicted octanol–water partition coefficient (Wildman–Crippen LogP) is 4.92. The number of hydrogen-bond donors (Lipinski definition) is 1. The maximum absolute atomic E-state index is 5.75. The van der Waals surface area contributed by atoms with Gasteiger partial charge in [0, 0.05) is 12.1 Å². The maximum atomic E-state index is 5.75. The average molecular weight is 277 g/mol. The van der Waals surface area contributed by atoms with Crippen LogP contribution in [0.2, 0.25) is 0 Å². The van der Waals surface area contributed by atoms with Gasteiger partial charge in [-0.25, -0.2) is 0 Å². The van der Waals surface area contributed by atoms with Crippen LogP contribution in [-0.4, -0.2) is 12.1 Å². The summed E-state index contributed by atoms with van der Waals surface area (Å²) >= 11 is 0. The van der Waals surface area contributed by atoms with E-state index in [4.69, 9.17) is 4.74 Å². The minimum atomic E-state index is 0.203. The normalized spacial score (nSPS) is 11.6. The molecule has 1 aromatic rings. The molecule has 1 aromatic carbocycles. The fourth-order valence-corrected chi connectivity index (χ4v) is 1.89. The van der Waals surface area contributed by atoms with Gasteiger partial charge in [0.25, 0.3) is 0 Å². The smallest absolute Gasteiger partial charge is 0.119 e. The Morgan fingerprint density at radius 3 is 2.30 bits per heavy atom. The standard InChI is InChI=1S/C18H31NO/c1-5-7-8-9-14-20-17-12-10-16(11-13-17)15-19-18(3,4)6-2/h10-13,19H,5-9,14-15H2,1-4H3. The third-order valence-corrected chi connectivity index (χ3v) is 3.84. The summed E-state index contributed by atoms with van der Waals surface area (Å²) in [6.07, 6.45) is 6.13. The van der Waals surface area contributed by atoms with Crippen molar-refractivity contribution in [3.05, 3.63) is 29.8 Å². The summed E-state index contributed by atoms with van der Waals surface area (Å²) in [5.74, 6) is 0.986. The summed E-state index contributed by atoms with van der Waals surface area (Å²) in [5, 5.41) is 3.57. The second-order valence-electron chi connectivity index (χ2n) is 6.14. The van der Waals surface area contributed by atoms with E-state index in [2.05, 4.69) is 57.3 Å². The molecule has 0 saturated heterocycles. The van der Waals surface area contributed by atoms with Gasteiger partial charge >= 0.3 is 0 Å². The van der Waals surface area contributed by atoms with Gasteiger partial charge in [-0.2, -0.15) is 0 Å². The molecule has 0 spiro atoms. The Bertz CT molecular complexity index is 356. The van der Waals surface area contributed by atoms with Gasteiger partial charge in [-0.15, -0.1) is 0 Å². The van der Waals surface area contributed by atoms with Gasteiger partial charge in [-0.1, -0.05) is 45.2 Å². The van der Waals surface area contributed by atoms with Crippen LogP contribution in [0.15, 0.2) is 24.3 Å². The molecule has 2 nitrogen and oxygen atoms in total. The SMILES string of the molecule is CCCCCCOc1ccc(CNC(C)(C)CC)cc1. The number of benzene rings is 1. The summed E-state index contributed by atoms with van der Waals surface area (Å²) < 4.78 is 5.75. The Kier molecular flexibility index (Phi) is 7.68. The Balaban J connectivity index is 2.29. The number of nitrogens with one attached hydrogen (secondary N) is 1. The first-order valence-corrected chi connectivity index (χ1v) is 8.04. The number of unbranched alkanes of at least 4 members (excludes halogenated alkanes) is 3. The molecule has 0 fully saturated rings. The van der Waals surface area contributed by atoms with Crippen molar-refractivity contribution in [1.29, 1.82) is 0 Å². The van der Waals surface area contributed by atoms with E-state index in [0.717, 1.165) is 31.7 Å². The summed E-state index contributed by atoms with van der Waals surface area (Å²) in [4.78, 5) is 0. The third-order valence-electron chi connectivity index (χ3n) is 3.84. The van der Waals surface area contributed by atoms with Gasteiger partial charge in [0.15, 0.2) is 0 Å². The first kappa shape index (κ1) is 17.0. The highest BCUT2D eigenvalue weighted by Crippen LogP contribution is 2.14. The summed E-state index contributed by atoms with van der Waals surface area (Å²) in [5.41, 5.74) is 1.51. The molecule has 0 bridgehead atoms. The van der Waals surface area contributed by atoms with Crippen LogP contribution >= 0.6 is 0 Å². The zero-order chi connectivity index (χ0) is 14.8. The molecule has 1 rings (SSSR count). The highest BCUT2D eigenvalue weighted by molar-refractivity contribution is 5.27. The van der Waals surface area contributed by atoms with Crippen LogP contribution in [0.1, 0.15) is 65.4 Å². The second kappa shape index (κ2) is 9.02. The van der Waals surface area contributed by atoms with Crippen molar-refractivity contribution in [2.24, 2.45) is 0 Å². The van der Waals surface area contributed by atoms with Crippen LogP contribution in [0.5, 0.6) is 5.75 Å². The van der Waals surface area contributed by atoms with E-state index in [1.165, 1.54) is 24.8 Å². The van der Waals surface area contributed by atoms with Crippen molar-refractivity contribution in [2.75, 3.05) is 6.61 Å². The van der Waals surface area contributed by atoms with Gasteiger partial charge in [0.05, 0.1) is 6.61 Å². The molecule has 114 valence electrons. The van der Waals surface area contributed by atoms with Crippen LogP contribution in [0.25, 0.3) is 0 Å². The largest absolute Gasteiger partial charge is 0.494 e. The van der Waals surface area contributed by atoms with Crippen LogP contribution in [0.3, 0.4) is 0 Å². The first-order chi connectivity index (χ1) is 9.57. The number of ether oxygens (including phenoxy) is 1. The van der Waals surface area contributed by atoms with Crippen molar-refractivity contribution in [1.82, 2.24) is 5.32 Å². The van der Waals surface area contributed by atoms with Gasteiger partial charge in [0.2, 0.25) is 0 Å². The Labute approximate surface area is 124 Å². The molecule has 0 heterocycles. The summed E-state index contributed by atoms with van der Waals surface area (Å²) in [6.45, 7) is 10.7. The Hall–Kier alpha value is -1.02. The molecule has 0 atom stereocenters. The van der Waals surface area contributed by atoms with Gasteiger partial charge in [-0.05, 0) is 44.4 Å². The molecular formula is C18H31NO. The molecule has 0 aliphatic heterocycles. The van der Waals surface area contributed by atoms with Crippen LogP contribution in [0.4, 0.5) is 0 Å². The van der Waals surface area contributed by atoms with E-state index in [-0.39, 0.29) is 5.54 Å². The lowest BCUT2D eigenvalue weighted by Crippen LogP contribution is -2.37. The lowest BCUT2D eigenvalue weighted by molar-refractivity contribution is 0.305. The maximum Gasteiger partial charge on any atom is 0.119 e. The van der Waals surface area contributed by atoms with Crippen LogP contribution in [0, 0.1) is 0 Å². The molecule has 1 N–H and O–H groups in total. The monoisotopic (exact) mass is 277 g/mol. The molecule has 0 aromatic heterocycles. The highest BCUT2D eigenvalue weighted by Gasteiger charge is 2.13. The zero-order valence-corrected chi connectivity index (χ0v) is 13.7. The van der Waals surface area contributed by atoms with Gasteiger partial charge in [-0.3, -0.25) is 0 Å². The van der Waals surface area contributed by atoms with E-state index in [0.29, 0.717) is 0 Å². The molecular weight excluding hydrogens is 246 g/mol. The second-order valence-corrected chi connectivity index (χ2v) is 6.14. The van der Waals surface area contributed by atoms with E-state index in [1.54, 1.807) is 0 Å². The quantitative estimate of drug-likeness (QED) is 0.613. The van der Waals surface area contributed by atoms with Crippen LogP contribution < -0.4 is 10.1 Å². The highest BCUT2D eigenvalue weighted by atomic mass is 16.5. The minimum Gasteiger partial charge on any atom is -0.494 e. The van der Waals surface area contributed by atoms with E-state index >= 15 is 0 Å². The van der Waals surface area contributed by atoms with Crippen molar-refractivity contribution in [2.45, 2.75) is 71.9 Å². The van der Waals surface area contributed by atoms with Crippen molar-refractivity contribution >= 4 is 0 Å². The lowest BCUT2D eigenvalue weighted by atomic mass is 10.0. The van der Waals surface area contributed by atoms with Crippen LogP contribution in [-0.2, 0) is 6.54 Å². The fraction of sp³-hybridized carbons (Fsp3) is 0.667. The molecule has 0 aliphatic carbocycles. The molecule has 0 radical (unpaired) electrons. The molecule has 0 aliphatic rings. The molecule has 2 heteroatoms. The topological polar surface area (TPSA) is 21.3 Å². The van der Waals surface area contributed by atoms with Crippen molar-refractivity contribution < 1.29 is 4.74 Å². The number of rotatable bonds is 10. The van der Waals surface area contributed by atoms with E-state index in [1.807, 2.05) is 0 Å². The van der Waals surface area contributed by atoms with Crippen molar-refractivity contribution in [3.8, 4) is 5.75 Å². The zero-order valence-electron chi connectivity index (χ0n) is 13.7. The Morgan fingerprint density at radius 1 is 1.00 bits per heavy atom. The summed E-state index contributed by atoms with van der Waals surface area (Å²) in [6, 6.07) is 8.46. The third kappa shape index (κ3) is 6.95. The lowest BCUT2D eigenvalue weighted by Gasteiger charge is -2.24. The molecule has 0 saturated carbocycles. The molecule has 0 amide bonds. The van der Waals surface area contributed by atoms with Crippen molar-refractivity contribution in [3.63, 3.8) is 0 Å². The van der Waals surface area contributed by atoms with Gasteiger partial charge in [0.1, 0.15) is 5.75 Å². The van der Waals surface area contributed by atoms with E-state index < -0.39 is 0 Å². The predicted molar refractivity (Wildman–Crippen MR) is 87.3 cm³/mol. The Morgan fingerprint density at radius 2 is 1.70 bits per heavy atom. The van der Waals surface area contributed by atoms with Gasteiger partial charge < -0.3 is 10.1 Å². The fourth-order valence-electron chi connectivity index (χ4n) is 1.89. The minimum absolute atomic E-state index is 0.203. The number of hydrogen-bond acceptors (Lipinski definition) is 2. The first-order valence-electron chi connectivity index (χ1n) is 8.04. The molecule has 20 heavy (non-hydrogen) atoms. The average Bonchev–Trinajstić information content (AvgIpc) is 2.46. The summed E-state index contributed by atoms with van der Waals surface area (Å²) in [7, 11) is 0. The molecule has 0 unspecified atom stereocenters. The van der Waals surface area contributed by atoms with E-state index in [9.17, 15) is 0 Å².